The Morgan fingerprint density at radius 2 is 1.58 bits per heavy atom. The molecular formula is C16H30NOP. The Kier molecular flexibility index (Phi) is 4.59. The molecule has 1 rings (SSSR count). The van der Waals surface area contributed by atoms with E-state index < -0.39 is 7.14 Å². The van der Waals surface area contributed by atoms with Crippen LogP contribution in [-0.4, -0.2) is 35.9 Å². The summed E-state index contributed by atoms with van der Waals surface area (Å²) < 4.78 is 13.9. The summed E-state index contributed by atoms with van der Waals surface area (Å²) >= 11 is 0. The Morgan fingerprint density at radius 1 is 1.11 bits per heavy atom. The topological polar surface area (TPSA) is 20.3 Å². The molecule has 110 valence electrons. The van der Waals surface area contributed by atoms with Gasteiger partial charge < -0.3 is 9.46 Å². The van der Waals surface area contributed by atoms with Crippen LogP contribution >= 0.6 is 7.14 Å². The van der Waals surface area contributed by atoms with Gasteiger partial charge in [0.2, 0.25) is 0 Å². The average molecular weight is 283 g/mol. The molecule has 0 radical (unpaired) electrons. The highest BCUT2D eigenvalue weighted by Gasteiger charge is 2.49. The molecule has 3 heteroatoms. The molecule has 0 amide bonds. The van der Waals surface area contributed by atoms with E-state index in [1.54, 1.807) is 0 Å². The van der Waals surface area contributed by atoms with Crippen LogP contribution in [0.3, 0.4) is 0 Å². The van der Waals surface area contributed by atoms with Crippen molar-refractivity contribution in [2.75, 3.05) is 20.6 Å². The minimum absolute atomic E-state index is 0.190. The molecule has 0 aromatic carbocycles. The predicted octanol–water partition coefficient (Wildman–Crippen LogP) is 4.72. The molecule has 0 aromatic rings. The van der Waals surface area contributed by atoms with Gasteiger partial charge in [-0.1, -0.05) is 53.7 Å². The van der Waals surface area contributed by atoms with E-state index in [2.05, 4.69) is 72.7 Å². The van der Waals surface area contributed by atoms with Crippen molar-refractivity contribution in [1.29, 1.82) is 0 Å². The van der Waals surface area contributed by atoms with E-state index in [1.807, 2.05) is 0 Å². The lowest BCUT2D eigenvalue weighted by Gasteiger charge is -2.43. The summed E-state index contributed by atoms with van der Waals surface area (Å²) in [6.45, 7) is 13.6. The van der Waals surface area contributed by atoms with E-state index in [-0.39, 0.29) is 10.3 Å². The van der Waals surface area contributed by atoms with Crippen molar-refractivity contribution in [1.82, 2.24) is 4.90 Å². The largest absolute Gasteiger partial charge is 0.318 e. The smallest absolute Gasteiger partial charge is 0.122 e. The van der Waals surface area contributed by atoms with Gasteiger partial charge in [0.05, 0.1) is 0 Å². The van der Waals surface area contributed by atoms with Crippen LogP contribution in [0, 0.1) is 0 Å². The molecule has 0 fully saturated rings. The Morgan fingerprint density at radius 3 is 1.95 bits per heavy atom. The molecule has 0 saturated heterocycles. The van der Waals surface area contributed by atoms with Crippen molar-refractivity contribution < 1.29 is 4.57 Å². The van der Waals surface area contributed by atoms with Crippen LogP contribution in [0.15, 0.2) is 23.0 Å². The Labute approximate surface area is 119 Å². The van der Waals surface area contributed by atoms with Crippen LogP contribution in [0.5, 0.6) is 0 Å². The standard InChI is InChI=1S/C16H30NOP/c1-15(2,3)19(18,16(4,5)6)14-11-9-10-13(14)12-17(7)8/h9-10H,11-12H2,1-8H3. The van der Waals surface area contributed by atoms with Gasteiger partial charge in [-0.05, 0) is 31.4 Å². The van der Waals surface area contributed by atoms with E-state index in [0.717, 1.165) is 13.0 Å². The molecule has 0 aliphatic heterocycles. The molecule has 0 unspecified atom stereocenters. The fourth-order valence-corrected chi connectivity index (χ4v) is 7.72. The van der Waals surface area contributed by atoms with Crippen LogP contribution in [0.2, 0.25) is 0 Å². The maximum atomic E-state index is 13.9. The van der Waals surface area contributed by atoms with Crippen molar-refractivity contribution in [3.8, 4) is 0 Å². The molecule has 2 nitrogen and oxygen atoms in total. The lowest BCUT2D eigenvalue weighted by atomic mass is 10.2. The molecule has 19 heavy (non-hydrogen) atoms. The number of hydrogen-bond acceptors (Lipinski definition) is 2. The lowest BCUT2D eigenvalue weighted by molar-refractivity contribution is 0.448. The van der Waals surface area contributed by atoms with E-state index in [1.165, 1.54) is 10.9 Å². The second-order valence-corrected chi connectivity index (χ2v) is 12.2. The summed E-state index contributed by atoms with van der Waals surface area (Å²) in [4.78, 5) is 2.15. The summed E-state index contributed by atoms with van der Waals surface area (Å²) in [6.07, 6.45) is 5.19. The lowest BCUT2D eigenvalue weighted by Crippen LogP contribution is -2.30. The molecule has 1 aliphatic rings. The summed E-state index contributed by atoms with van der Waals surface area (Å²) in [5, 5.41) is 0.815. The van der Waals surface area contributed by atoms with E-state index in [4.69, 9.17) is 0 Å². The zero-order chi connectivity index (χ0) is 15.1. The number of allylic oxidation sites excluding steroid dienone is 2. The molecule has 0 bridgehead atoms. The molecule has 0 N–H and O–H groups in total. The third-order valence-corrected chi connectivity index (χ3v) is 8.77. The zero-order valence-corrected chi connectivity index (χ0v) is 14.8. The number of likely N-dealkylation sites (N-methyl/N-ethyl adjacent to an activating group) is 1. The van der Waals surface area contributed by atoms with Crippen molar-refractivity contribution in [3.63, 3.8) is 0 Å². The molecule has 0 heterocycles. The van der Waals surface area contributed by atoms with Gasteiger partial charge in [0.1, 0.15) is 7.14 Å². The van der Waals surface area contributed by atoms with Crippen LogP contribution in [-0.2, 0) is 4.57 Å². The first-order valence-corrected chi connectivity index (χ1v) is 8.76. The number of rotatable bonds is 3. The van der Waals surface area contributed by atoms with Crippen LogP contribution in [0.1, 0.15) is 48.0 Å². The predicted molar refractivity (Wildman–Crippen MR) is 86.4 cm³/mol. The Balaban J connectivity index is 3.40. The van der Waals surface area contributed by atoms with Crippen molar-refractivity contribution in [3.05, 3.63) is 23.0 Å². The third-order valence-electron chi connectivity index (χ3n) is 3.76. The number of nitrogens with zero attached hydrogens (tertiary/aromatic N) is 1. The maximum absolute atomic E-state index is 13.9. The summed E-state index contributed by atoms with van der Waals surface area (Å²) in [5.74, 6) is 0. The summed E-state index contributed by atoms with van der Waals surface area (Å²) in [7, 11) is 1.67. The number of hydrogen-bond donors (Lipinski definition) is 0. The van der Waals surface area contributed by atoms with Gasteiger partial charge in [-0.15, -0.1) is 0 Å². The molecule has 0 aromatic heterocycles. The highest BCUT2D eigenvalue weighted by molar-refractivity contribution is 7.71. The van der Waals surface area contributed by atoms with Crippen LogP contribution in [0.4, 0.5) is 0 Å². The fraction of sp³-hybridized carbons (Fsp3) is 0.750. The normalized spacial score (nSPS) is 17.7. The second kappa shape index (κ2) is 5.22. The molecule has 1 aliphatic carbocycles. The van der Waals surface area contributed by atoms with Gasteiger partial charge >= 0.3 is 0 Å². The quantitative estimate of drug-likeness (QED) is 0.698. The van der Waals surface area contributed by atoms with Crippen LogP contribution in [0.25, 0.3) is 0 Å². The first kappa shape index (κ1) is 16.7. The maximum Gasteiger partial charge on any atom is 0.122 e. The van der Waals surface area contributed by atoms with Gasteiger partial charge in [-0.3, -0.25) is 0 Å². The van der Waals surface area contributed by atoms with Gasteiger partial charge in [-0.2, -0.15) is 0 Å². The first-order chi connectivity index (χ1) is 8.41. The van der Waals surface area contributed by atoms with E-state index >= 15 is 0 Å². The minimum Gasteiger partial charge on any atom is -0.318 e. The van der Waals surface area contributed by atoms with Gasteiger partial charge in [0.25, 0.3) is 0 Å². The second-order valence-electron chi connectivity index (χ2n) is 7.77. The van der Waals surface area contributed by atoms with Gasteiger partial charge in [0.15, 0.2) is 0 Å². The van der Waals surface area contributed by atoms with Crippen molar-refractivity contribution in [2.45, 2.75) is 58.3 Å². The van der Waals surface area contributed by atoms with Crippen molar-refractivity contribution >= 4 is 7.14 Å². The Hall–Kier alpha value is -0.330. The van der Waals surface area contributed by atoms with Crippen molar-refractivity contribution in [2.24, 2.45) is 0 Å². The fourth-order valence-electron chi connectivity index (χ4n) is 3.17. The molecule has 0 saturated carbocycles. The van der Waals surface area contributed by atoms with E-state index in [0.29, 0.717) is 0 Å². The van der Waals surface area contributed by atoms with Gasteiger partial charge in [0, 0.05) is 16.9 Å². The molecule has 0 spiro atoms. The Bertz CT molecular complexity index is 426. The third kappa shape index (κ3) is 3.06. The monoisotopic (exact) mass is 283 g/mol. The summed E-state index contributed by atoms with van der Waals surface area (Å²) in [6, 6.07) is 0. The van der Waals surface area contributed by atoms with Gasteiger partial charge in [-0.25, -0.2) is 0 Å². The average Bonchev–Trinajstić information content (AvgIpc) is 2.60. The van der Waals surface area contributed by atoms with Crippen LogP contribution < -0.4 is 0 Å². The highest BCUT2D eigenvalue weighted by atomic mass is 31.2. The molecular weight excluding hydrogens is 253 g/mol. The SMILES string of the molecule is CN(C)CC1=C(P(=O)(C(C)(C)C)C(C)(C)C)CC=C1. The molecule has 0 atom stereocenters. The first-order valence-electron chi connectivity index (χ1n) is 7.05. The van der Waals surface area contributed by atoms with E-state index in [9.17, 15) is 4.57 Å². The summed E-state index contributed by atoms with van der Waals surface area (Å²) in [5.41, 5.74) is 1.26. The minimum atomic E-state index is -2.46. The zero-order valence-electron chi connectivity index (χ0n) is 13.9. The highest BCUT2D eigenvalue weighted by Crippen LogP contribution is 2.74.